The highest BCUT2D eigenvalue weighted by molar-refractivity contribution is 4.93. The summed E-state index contributed by atoms with van der Waals surface area (Å²) in [5, 5.41) is 10.0. The van der Waals surface area contributed by atoms with Crippen LogP contribution in [0.3, 0.4) is 0 Å². The first kappa shape index (κ1) is 15.3. The molecule has 3 heteroatoms. The normalized spacial score (nSPS) is 35.5. The Morgan fingerprint density at radius 2 is 1.68 bits per heavy atom. The number of nitrogens with zero attached hydrogens (tertiary/aromatic N) is 1. The van der Waals surface area contributed by atoms with Crippen molar-refractivity contribution in [3.05, 3.63) is 0 Å². The number of aliphatic hydroxyl groups excluding tert-OH is 1. The van der Waals surface area contributed by atoms with Crippen LogP contribution in [0, 0.1) is 11.3 Å². The Morgan fingerprint density at radius 3 is 2.21 bits per heavy atom. The second-order valence-electron chi connectivity index (χ2n) is 7.48. The summed E-state index contributed by atoms with van der Waals surface area (Å²) < 4.78 is 5.47. The molecule has 3 nitrogen and oxygen atoms in total. The van der Waals surface area contributed by atoms with Crippen molar-refractivity contribution in [1.82, 2.24) is 4.90 Å². The molecule has 1 saturated carbocycles. The summed E-state index contributed by atoms with van der Waals surface area (Å²) >= 11 is 0. The molecular weight excluding hydrogens is 238 g/mol. The van der Waals surface area contributed by atoms with Crippen molar-refractivity contribution < 1.29 is 9.84 Å². The van der Waals surface area contributed by atoms with E-state index in [0.717, 1.165) is 38.8 Å². The van der Waals surface area contributed by atoms with Gasteiger partial charge in [0.2, 0.25) is 0 Å². The first-order valence-corrected chi connectivity index (χ1v) is 7.86. The zero-order valence-corrected chi connectivity index (χ0v) is 13.1. The van der Waals surface area contributed by atoms with E-state index in [1.165, 1.54) is 6.42 Å². The molecule has 1 aliphatic heterocycles. The molecule has 19 heavy (non-hydrogen) atoms. The van der Waals surface area contributed by atoms with Gasteiger partial charge in [0.15, 0.2) is 0 Å². The molecule has 1 saturated heterocycles. The van der Waals surface area contributed by atoms with Gasteiger partial charge in [-0.1, -0.05) is 20.8 Å². The van der Waals surface area contributed by atoms with Crippen molar-refractivity contribution in [2.75, 3.05) is 20.2 Å². The van der Waals surface area contributed by atoms with Gasteiger partial charge in [-0.3, -0.25) is 4.90 Å². The standard InChI is InChI=1S/C16H31NO2/c1-16(2,3)14-6-5-12(18)11-15(14)17-9-7-13(19-4)8-10-17/h12-15,18H,5-11H2,1-4H3. The van der Waals surface area contributed by atoms with Gasteiger partial charge in [-0.05, 0) is 43.4 Å². The molecule has 0 aromatic rings. The number of hydrogen-bond acceptors (Lipinski definition) is 3. The average molecular weight is 269 g/mol. The molecule has 0 aromatic heterocycles. The highest BCUT2D eigenvalue weighted by Crippen LogP contribution is 2.41. The molecule has 3 atom stereocenters. The maximum Gasteiger partial charge on any atom is 0.0595 e. The molecule has 3 unspecified atom stereocenters. The quantitative estimate of drug-likeness (QED) is 0.836. The molecule has 0 aromatic carbocycles. The second kappa shape index (κ2) is 6.11. The molecular formula is C16H31NO2. The van der Waals surface area contributed by atoms with Crippen LogP contribution in [-0.2, 0) is 4.74 Å². The molecule has 2 aliphatic rings. The van der Waals surface area contributed by atoms with E-state index >= 15 is 0 Å². The minimum Gasteiger partial charge on any atom is -0.393 e. The first-order valence-electron chi connectivity index (χ1n) is 7.86. The van der Waals surface area contributed by atoms with Crippen LogP contribution in [0.2, 0.25) is 0 Å². The molecule has 0 amide bonds. The summed E-state index contributed by atoms with van der Waals surface area (Å²) in [4.78, 5) is 2.62. The van der Waals surface area contributed by atoms with Gasteiger partial charge in [0.25, 0.3) is 0 Å². The summed E-state index contributed by atoms with van der Waals surface area (Å²) in [6.07, 6.45) is 5.73. The van der Waals surface area contributed by atoms with Gasteiger partial charge in [-0.15, -0.1) is 0 Å². The fourth-order valence-electron chi connectivity index (χ4n) is 3.98. The lowest BCUT2D eigenvalue weighted by Crippen LogP contribution is -2.52. The predicted molar refractivity (Wildman–Crippen MR) is 78.2 cm³/mol. The highest BCUT2D eigenvalue weighted by atomic mass is 16.5. The van der Waals surface area contributed by atoms with Crippen molar-refractivity contribution in [3.8, 4) is 0 Å². The lowest BCUT2D eigenvalue weighted by molar-refractivity contribution is -0.0396. The van der Waals surface area contributed by atoms with E-state index in [9.17, 15) is 5.11 Å². The van der Waals surface area contributed by atoms with Gasteiger partial charge >= 0.3 is 0 Å². The number of aliphatic hydroxyl groups is 1. The number of piperidine rings is 1. The number of hydrogen-bond donors (Lipinski definition) is 1. The van der Waals surface area contributed by atoms with E-state index < -0.39 is 0 Å². The Hall–Kier alpha value is -0.120. The van der Waals surface area contributed by atoms with Crippen LogP contribution < -0.4 is 0 Å². The molecule has 0 spiro atoms. The Morgan fingerprint density at radius 1 is 1.05 bits per heavy atom. The Labute approximate surface area is 118 Å². The third-order valence-corrected chi connectivity index (χ3v) is 5.18. The highest BCUT2D eigenvalue weighted by Gasteiger charge is 2.40. The van der Waals surface area contributed by atoms with Crippen LogP contribution in [-0.4, -0.2) is 48.5 Å². The van der Waals surface area contributed by atoms with Gasteiger partial charge in [0.05, 0.1) is 12.2 Å². The molecule has 1 heterocycles. The van der Waals surface area contributed by atoms with Crippen LogP contribution >= 0.6 is 0 Å². The van der Waals surface area contributed by atoms with E-state index in [0.29, 0.717) is 23.5 Å². The van der Waals surface area contributed by atoms with E-state index in [2.05, 4.69) is 25.7 Å². The Kier molecular flexibility index (Phi) is 4.91. The van der Waals surface area contributed by atoms with Crippen molar-refractivity contribution in [1.29, 1.82) is 0 Å². The Balaban J connectivity index is 2.02. The van der Waals surface area contributed by atoms with Crippen molar-refractivity contribution in [2.24, 2.45) is 11.3 Å². The molecule has 2 fully saturated rings. The smallest absolute Gasteiger partial charge is 0.0595 e. The predicted octanol–water partition coefficient (Wildman–Crippen LogP) is 2.67. The van der Waals surface area contributed by atoms with Gasteiger partial charge in [0, 0.05) is 26.2 Å². The fraction of sp³-hybridized carbons (Fsp3) is 1.00. The second-order valence-corrected chi connectivity index (χ2v) is 7.48. The van der Waals surface area contributed by atoms with Crippen LogP contribution in [0.25, 0.3) is 0 Å². The molecule has 0 bridgehead atoms. The number of ether oxygens (including phenoxy) is 1. The van der Waals surface area contributed by atoms with Gasteiger partial charge in [-0.25, -0.2) is 0 Å². The summed E-state index contributed by atoms with van der Waals surface area (Å²) in [7, 11) is 1.82. The SMILES string of the molecule is COC1CCN(C2CC(O)CCC2C(C)(C)C)CC1. The van der Waals surface area contributed by atoms with Crippen molar-refractivity contribution in [2.45, 2.75) is 71.1 Å². The molecule has 1 aliphatic carbocycles. The van der Waals surface area contributed by atoms with E-state index in [-0.39, 0.29) is 6.10 Å². The van der Waals surface area contributed by atoms with Crippen LogP contribution in [0.5, 0.6) is 0 Å². The number of methoxy groups -OCH3 is 1. The largest absolute Gasteiger partial charge is 0.393 e. The molecule has 0 radical (unpaired) electrons. The minimum absolute atomic E-state index is 0.0938. The maximum absolute atomic E-state index is 10.0. The summed E-state index contributed by atoms with van der Waals surface area (Å²) in [6, 6.07) is 0.557. The molecule has 1 N–H and O–H groups in total. The van der Waals surface area contributed by atoms with Gasteiger partial charge < -0.3 is 9.84 Å². The average Bonchev–Trinajstić information content (AvgIpc) is 2.37. The summed E-state index contributed by atoms with van der Waals surface area (Å²) in [6.45, 7) is 9.31. The summed E-state index contributed by atoms with van der Waals surface area (Å²) in [5.41, 5.74) is 0.336. The van der Waals surface area contributed by atoms with Crippen LogP contribution in [0.15, 0.2) is 0 Å². The Bertz CT molecular complexity index is 279. The van der Waals surface area contributed by atoms with Crippen LogP contribution in [0.1, 0.15) is 52.9 Å². The fourth-order valence-corrected chi connectivity index (χ4v) is 3.98. The van der Waals surface area contributed by atoms with Crippen molar-refractivity contribution in [3.63, 3.8) is 0 Å². The minimum atomic E-state index is -0.0938. The van der Waals surface area contributed by atoms with Gasteiger partial charge in [-0.2, -0.15) is 0 Å². The third kappa shape index (κ3) is 3.71. The monoisotopic (exact) mass is 269 g/mol. The zero-order valence-electron chi connectivity index (χ0n) is 13.1. The maximum atomic E-state index is 10.0. The first-order chi connectivity index (χ1) is 8.91. The van der Waals surface area contributed by atoms with E-state index in [4.69, 9.17) is 4.74 Å². The summed E-state index contributed by atoms with van der Waals surface area (Å²) in [5.74, 6) is 0.704. The molecule has 112 valence electrons. The topological polar surface area (TPSA) is 32.7 Å². The van der Waals surface area contributed by atoms with E-state index in [1.54, 1.807) is 0 Å². The van der Waals surface area contributed by atoms with Crippen molar-refractivity contribution >= 4 is 0 Å². The van der Waals surface area contributed by atoms with Crippen LogP contribution in [0.4, 0.5) is 0 Å². The number of likely N-dealkylation sites (tertiary alicyclic amines) is 1. The van der Waals surface area contributed by atoms with Gasteiger partial charge in [0.1, 0.15) is 0 Å². The lowest BCUT2D eigenvalue weighted by Gasteiger charge is -2.48. The van der Waals surface area contributed by atoms with E-state index in [1.807, 2.05) is 7.11 Å². The lowest BCUT2D eigenvalue weighted by atomic mass is 9.68. The molecule has 2 rings (SSSR count). The third-order valence-electron chi connectivity index (χ3n) is 5.18. The number of rotatable bonds is 2. The zero-order chi connectivity index (χ0) is 14.0.